The van der Waals surface area contributed by atoms with E-state index in [4.69, 9.17) is 4.74 Å². The molecule has 0 aromatic heterocycles. The molecule has 1 aromatic carbocycles. The first-order valence-corrected chi connectivity index (χ1v) is 7.05. The predicted octanol–water partition coefficient (Wildman–Crippen LogP) is 3.12. The van der Waals surface area contributed by atoms with E-state index < -0.39 is 0 Å². The van der Waals surface area contributed by atoms with Crippen LogP contribution in [-0.2, 0) is 0 Å². The van der Waals surface area contributed by atoms with Gasteiger partial charge in [0.2, 0.25) is 0 Å². The molecule has 1 N–H and O–H groups in total. The molecule has 106 valence electrons. The molecule has 0 radical (unpaired) electrons. The highest BCUT2D eigenvalue weighted by molar-refractivity contribution is 5.57. The van der Waals surface area contributed by atoms with Crippen LogP contribution in [0, 0.1) is 5.82 Å². The number of hydrogen-bond donors (Lipinski definition) is 1. The first kappa shape index (κ1) is 14.1. The van der Waals surface area contributed by atoms with Gasteiger partial charge in [-0.05, 0) is 44.5 Å². The van der Waals surface area contributed by atoms with Crippen molar-refractivity contribution in [3.05, 3.63) is 24.0 Å². The Kier molecular flexibility index (Phi) is 5.02. The molecule has 1 unspecified atom stereocenters. The van der Waals surface area contributed by atoms with E-state index in [0.717, 1.165) is 31.6 Å². The molecule has 0 bridgehead atoms. The standard InChI is InChI=1S/C15H23FN2O/c1-3-18-9-4-5-13(8-10-18)17-14-7-6-12(16)11-15(14)19-2/h6-7,11,13,17H,3-5,8-10H2,1-2H3. The molecule has 0 aliphatic carbocycles. The Morgan fingerprint density at radius 3 is 2.95 bits per heavy atom. The van der Waals surface area contributed by atoms with Crippen LogP contribution >= 0.6 is 0 Å². The van der Waals surface area contributed by atoms with Crippen molar-refractivity contribution in [3.8, 4) is 5.75 Å². The van der Waals surface area contributed by atoms with E-state index in [0.29, 0.717) is 11.8 Å². The lowest BCUT2D eigenvalue weighted by Gasteiger charge is -2.20. The largest absolute Gasteiger partial charge is 0.494 e. The number of nitrogens with zero attached hydrogens (tertiary/aromatic N) is 1. The van der Waals surface area contributed by atoms with Gasteiger partial charge in [0.1, 0.15) is 11.6 Å². The minimum atomic E-state index is -0.263. The van der Waals surface area contributed by atoms with Crippen molar-refractivity contribution < 1.29 is 9.13 Å². The third kappa shape index (κ3) is 3.83. The highest BCUT2D eigenvalue weighted by atomic mass is 19.1. The van der Waals surface area contributed by atoms with Crippen LogP contribution in [0.15, 0.2) is 18.2 Å². The summed E-state index contributed by atoms with van der Waals surface area (Å²) in [7, 11) is 1.58. The number of hydrogen-bond acceptors (Lipinski definition) is 3. The van der Waals surface area contributed by atoms with E-state index in [1.807, 2.05) is 0 Å². The fourth-order valence-electron chi connectivity index (χ4n) is 2.62. The zero-order valence-electron chi connectivity index (χ0n) is 11.8. The van der Waals surface area contributed by atoms with Crippen molar-refractivity contribution in [3.63, 3.8) is 0 Å². The zero-order chi connectivity index (χ0) is 13.7. The summed E-state index contributed by atoms with van der Waals surface area (Å²) in [5, 5.41) is 3.49. The number of anilines is 1. The van der Waals surface area contributed by atoms with E-state index in [-0.39, 0.29) is 5.82 Å². The van der Waals surface area contributed by atoms with E-state index in [1.54, 1.807) is 13.2 Å². The van der Waals surface area contributed by atoms with Gasteiger partial charge in [-0.1, -0.05) is 6.92 Å². The number of rotatable bonds is 4. The van der Waals surface area contributed by atoms with E-state index in [9.17, 15) is 4.39 Å². The Labute approximate surface area is 114 Å². The summed E-state index contributed by atoms with van der Waals surface area (Å²) in [5.74, 6) is 0.317. The smallest absolute Gasteiger partial charge is 0.144 e. The molecule has 0 spiro atoms. The van der Waals surface area contributed by atoms with Crippen molar-refractivity contribution in [2.45, 2.75) is 32.2 Å². The van der Waals surface area contributed by atoms with Gasteiger partial charge < -0.3 is 15.0 Å². The Bertz CT molecular complexity index is 411. The van der Waals surface area contributed by atoms with Gasteiger partial charge in [0.15, 0.2) is 0 Å². The third-order valence-electron chi connectivity index (χ3n) is 3.79. The van der Waals surface area contributed by atoms with Gasteiger partial charge in [-0.3, -0.25) is 0 Å². The second-order valence-corrected chi connectivity index (χ2v) is 5.05. The van der Waals surface area contributed by atoms with Gasteiger partial charge in [0, 0.05) is 18.7 Å². The lowest BCUT2D eigenvalue weighted by Crippen LogP contribution is -2.26. The van der Waals surface area contributed by atoms with Crippen LogP contribution in [-0.4, -0.2) is 37.7 Å². The lowest BCUT2D eigenvalue weighted by atomic mass is 10.1. The second-order valence-electron chi connectivity index (χ2n) is 5.05. The van der Waals surface area contributed by atoms with Crippen LogP contribution in [0.25, 0.3) is 0 Å². The Morgan fingerprint density at radius 2 is 2.21 bits per heavy atom. The fourth-order valence-corrected chi connectivity index (χ4v) is 2.62. The third-order valence-corrected chi connectivity index (χ3v) is 3.79. The van der Waals surface area contributed by atoms with Crippen molar-refractivity contribution in [1.29, 1.82) is 0 Å². The topological polar surface area (TPSA) is 24.5 Å². The van der Waals surface area contributed by atoms with E-state index >= 15 is 0 Å². The number of halogens is 1. The Hall–Kier alpha value is -1.29. The molecule has 0 amide bonds. The van der Waals surface area contributed by atoms with Crippen molar-refractivity contribution in [2.75, 3.05) is 32.1 Å². The van der Waals surface area contributed by atoms with Gasteiger partial charge in [-0.15, -0.1) is 0 Å². The van der Waals surface area contributed by atoms with Gasteiger partial charge in [-0.25, -0.2) is 4.39 Å². The number of ether oxygens (including phenoxy) is 1. The maximum Gasteiger partial charge on any atom is 0.144 e. The summed E-state index contributed by atoms with van der Waals surface area (Å²) >= 11 is 0. The lowest BCUT2D eigenvalue weighted by molar-refractivity contribution is 0.300. The molecule has 2 rings (SSSR count). The highest BCUT2D eigenvalue weighted by Crippen LogP contribution is 2.27. The van der Waals surface area contributed by atoms with Crippen LogP contribution in [0.4, 0.5) is 10.1 Å². The van der Waals surface area contributed by atoms with Crippen LogP contribution in [0.1, 0.15) is 26.2 Å². The Balaban J connectivity index is 2.00. The molecular formula is C15H23FN2O. The van der Waals surface area contributed by atoms with Crippen molar-refractivity contribution in [2.24, 2.45) is 0 Å². The molecule has 1 atom stereocenters. The van der Waals surface area contributed by atoms with Gasteiger partial charge in [-0.2, -0.15) is 0 Å². The summed E-state index contributed by atoms with van der Waals surface area (Å²) in [5.41, 5.74) is 0.888. The summed E-state index contributed by atoms with van der Waals surface area (Å²) in [4.78, 5) is 2.48. The van der Waals surface area contributed by atoms with Crippen LogP contribution < -0.4 is 10.1 Å². The van der Waals surface area contributed by atoms with Gasteiger partial charge in [0.25, 0.3) is 0 Å². The second kappa shape index (κ2) is 6.75. The zero-order valence-corrected chi connectivity index (χ0v) is 11.8. The maximum atomic E-state index is 13.2. The van der Waals surface area contributed by atoms with Crippen LogP contribution in [0.3, 0.4) is 0 Å². The summed E-state index contributed by atoms with van der Waals surface area (Å²) in [6.45, 7) is 5.62. The maximum absolute atomic E-state index is 13.2. The quantitative estimate of drug-likeness (QED) is 0.906. The Morgan fingerprint density at radius 1 is 1.37 bits per heavy atom. The molecule has 3 nitrogen and oxygen atoms in total. The monoisotopic (exact) mass is 266 g/mol. The van der Waals surface area contributed by atoms with E-state index in [1.165, 1.54) is 25.1 Å². The van der Waals surface area contributed by atoms with Gasteiger partial charge >= 0.3 is 0 Å². The summed E-state index contributed by atoms with van der Waals surface area (Å²) in [6, 6.07) is 5.10. The normalized spacial score (nSPS) is 20.9. The SMILES string of the molecule is CCN1CCCC(Nc2ccc(F)cc2OC)CC1. The van der Waals surface area contributed by atoms with Crippen molar-refractivity contribution >= 4 is 5.69 Å². The molecule has 1 aromatic rings. The molecule has 4 heteroatoms. The van der Waals surface area contributed by atoms with Gasteiger partial charge in [0.05, 0.1) is 12.8 Å². The average Bonchev–Trinajstić information content (AvgIpc) is 2.66. The number of methoxy groups -OCH3 is 1. The van der Waals surface area contributed by atoms with Crippen LogP contribution in [0.5, 0.6) is 5.75 Å². The molecule has 1 aliphatic rings. The molecule has 1 fully saturated rings. The van der Waals surface area contributed by atoms with E-state index in [2.05, 4.69) is 17.1 Å². The summed E-state index contributed by atoms with van der Waals surface area (Å²) < 4.78 is 18.4. The first-order chi connectivity index (χ1) is 9.22. The molecule has 1 saturated heterocycles. The fraction of sp³-hybridized carbons (Fsp3) is 0.600. The predicted molar refractivity (Wildman–Crippen MR) is 76.3 cm³/mol. The van der Waals surface area contributed by atoms with Crippen LogP contribution in [0.2, 0.25) is 0 Å². The number of benzene rings is 1. The average molecular weight is 266 g/mol. The highest BCUT2D eigenvalue weighted by Gasteiger charge is 2.17. The molecular weight excluding hydrogens is 243 g/mol. The molecule has 1 aliphatic heterocycles. The molecule has 1 heterocycles. The minimum absolute atomic E-state index is 0.263. The first-order valence-electron chi connectivity index (χ1n) is 7.05. The number of nitrogens with one attached hydrogen (secondary N) is 1. The van der Waals surface area contributed by atoms with Crippen molar-refractivity contribution in [1.82, 2.24) is 4.90 Å². The molecule has 19 heavy (non-hydrogen) atoms. The number of likely N-dealkylation sites (tertiary alicyclic amines) is 1. The minimum Gasteiger partial charge on any atom is -0.494 e. The molecule has 0 saturated carbocycles. The summed E-state index contributed by atoms with van der Waals surface area (Å²) in [6.07, 6.45) is 3.47.